The van der Waals surface area contributed by atoms with Gasteiger partial charge >= 0.3 is 12.1 Å². The number of amides is 1. The molecule has 0 bridgehead atoms. The van der Waals surface area contributed by atoms with E-state index in [0.29, 0.717) is 12.8 Å². The van der Waals surface area contributed by atoms with Crippen LogP contribution in [0.4, 0.5) is 13.2 Å². The summed E-state index contributed by atoms with van der Waals surface area (Å²) in [6.07, 6.45) is -2.40. The van der Waals surface area contributed by atoms with Crippen LogP contribution < -0.4 is 5.32 Å². The van der Waals surface area contributed by atoms with E-state index in [1.54, 1.807) is 5.32 Å². The molecule has 2 N–H and O–H groups in total. The van der Waals surface area contributed by atoms with E-state index in [0.717, 1.165) is 12.8 Å². The van der Waals surface area contributed by atoms with Crippen molar-refractivity contribution in [3.8, 4) is 0 Å². The molecule has 0 aromatic carbocycles. The van der Waals surface area contributed by atoms with Gasteiger partial charge in [-0.05, 0) is 25.2 Å². The third kappa shape index (κ3) is 3.70. The molecule has 0 saturated heterocycles. The summed E-state index contributed by atoms with van der Waals surface area (Å²) in [4.78, 5) is 10.4. The highest BCUT2D eigenvalue weighted by molar-refractivity contribution is 5.81. The lowest BCUT2D eigenvalue weighted by atomic mass is 10.0. The molecular formula is C9H14F3NO2. The predicted molar refractivity (Wildman–Crippen MR) is 47.0 cm³/mol. The summed E-state index contributed by atoms with van der Waals surface area (Å²) in [6.45, 7) is -0.0277. The minimum atomic E-state index is -4.81. The molecule has 6 heteroatoms. The topological polar surface area (TPSA) is 49.3 Å². The summed E-state index contributed by atoms with van der Waals surface area (Å²) in [5, 5.41) is 11.2. The van der Waals surface area contributed by atoms with Gasteiger partial charge in [-0.2, -0.15) is 13.2 Å². The number of halogens is 3. The van der Waals surface area contributed by atoms with Gasteiger partial charge in [-0.1, -0.05) is 6.42 Å². The average molecular weight is 225 g/mol. The fraction of sp³-hybridized carbons (Fsp3) is 0.889. The molecule has 15 heavy (non-hydrogen) atoms. The summed E-state index contributed by atoms with van der Waals surface area (Å²) in [6, 6.07) is 0. The third-order valence-corrected chi connectivity index (χ3v) is 2.68. The number of aliphatic hydroxyl groups is 1. The summed E-state index contributed by atoms with van der Waals surface area (Å²) in [7, 11) is 0. The fourth-order valence-electron chi connectivity index (χ4n) is 1.83. The maximum absolute atomic E-state index is 11.8. The standard InChI is InChI=1S/C9H14F3NO2/c10-9(11,12)8(15)13-5-4-6-2-1-3-7(6)14/h6-7,14H,1-5H2,(H,13,15). The summed E-state index contributed by atoms with van der Waals surface area (Å²) in [5.41, 5.74) is 0. The Labute approximate surface area is 85.7 Å². The van der Waals surface area contributed by atoms with Crippen molar-refractivity contribution in [1.29, 1.82) is 0 Å². The molecule has 3 nitrogen and oxygen atoms in total. The number of rotatable bonds is 3. The first kappa shape index (κ1) is 12.3. The van der Waals surface area contributed by atoms with Gasteiger partial charge in [0.05, 0.1) is 6.10 Å². The van der Waals surface area contributed by atoms with E-state index in [1.807, 2.05) is 0 Å². The van der Waals surface area contributed by atoms with Crippen molar-refractivity contribution >= 4 is 5.91 Å². The maximum Gasteiger partial charge on any atom is 0.471 e. The molecule has 0 heterocycles. The Morgan fingerprint density at radius 3 is 2.53 bits per heavy atom. The van der Waals surface area contributed by atoms with E-state index >= 15 is 0 Å². The van der Waals surface area contributed by atoms with Crippen molar-refractivity contribution in [2.75, 3.05) is 6.54 Å². The number of hydrogen-bond donors (Lipinski definition) is 2. The molecule has 1 amide bonds. The molecule has 0 aliphatic heterocycles. The lowest BCUT2D eigenvalue weighted by Gasteiger charge is -2.14. The quantitative estimate of drug-likeness (QED) is 0.758. The van der Waals surface area contributed by atoms with Gasteiger partial charge in [-0.3, -0.25) is 4.79 Å². The van der Waals surface area contributed by atoms with Crippen LogP contribution in [0.2, 0.25) is 0 Å². The SMILES string of the molecule is O=C(NCCC1CCCC1O)C(F)(F)F. The highest BCUT2D eigenvalue weighted by Gasteiger charge is 2.38. The van der Waals surface area contributed by atoms with E-state index < -0.39 is 18.2 Å². The molecule has 0 radical (unpaired) electrons. The second kappa shape index (κ2) is 4.83. The van der Waals surface area contributed by atoms with Crippen LogP contribution >= 0.6 is 0 Å². The molecule has 1 aliphatic rings. The second-order valence-corrected chi connectivity index (χ2v) is 3.80. The van der Waals surface area contributed by atoms with Crippen molar-refractivity contribution in [3.63, 3.8) is 0 Å². The highest BCUT2D eigenvalue weighted by atomic mass is 19.4. The van der Waals surface area contributed by atoms with Gasteiger partial charge in [0, 0.05) is 6.54 Å². The molecule has 1 fully saturated rings. The van der Waals surface area contributed by atoms with Gasteiger partial charge in [-0.25, -0.2) is 0 Å². The van der Waals surface area contributed by atoms with Crippen LogP contribution in [0.25, 0.3) is 0 Å². The van der Waals surface area contributed by atoms with Gasteiger partial charge in [-0.15, -0.1) is 0 Å². The highest BCUT2D eigenvalue weighted by Crippen LogP contribution is 2.27. The first-order valence-corrected chi connectivity index (χ1v) is 4.94. The van der Waals surface area contributed by atoms with Crippen molar-refractivity contribution < 1.29 is 23.1 Å². The fourth-order valence-corrected chi connectivity index (χ4v) is 1.83. The number of carbonyl (C=O) groups excluding carboxylic acids is 1. The van der Waals surface area contributed by atoms with Crippen LogP contribution in [-0.2, 0) is 4.79 Å². The molecule has 2 atom stereocenters. The average Bonchev–Trinajstić information content (AvgIpc) is 2.50. The first-order valence-electron chi connectivity index (χ1n) is 4.94. The predicted octanol–water partition coefficient (Wildman–Crippen LogP) is 1.22. The van der Waals surface area contributed by atoms with E-state index in [-0.39, 0.29) is 12.5 Å². The number of alkyl halides is 3. The Hall–Kier alpha value is -0.780. The molecule has 1 rings (SSSR count). The minimum absolute atomic E-state index is 0.0264. The third-order valence-electron chi connectivity index (χ3n) is 2.68. The van der Waals surface area contributed by atoms with Crippen LogP contribution in [0, 0.1) is 5.92 Å². The van der Waals surface area contributed by atoms with Gasteiger partial charge in [0.1, 0.15) is 0 Å². The molecule has 1 saturated carbocycles. The van der Waals surface area contributed by atoms with Gasteiger partial charge in [0.25, 0.3) is 0 Å². The Balaban J connectivity index is 2.19. The van der Waals surface area contributed by atoms with Gasteiger partial charge in [0.15, 0.2) is 0 Å². The largest absolute Gasteiger partial charge is 0.471 e. The van der Waals surface area contributed by atoms with Crippen LogP contribution in [0.3, 0.4) is 0 Å². The van der Waals surface area contributed by atoms with E-state index in [2.05, 4.69) is 0 Å². The van der Waals surface area contributed by atoms with E-state index in [9.17, 15) is 23.1 Å². The number of aliphatic hydroxyl groups excluding tert-OH is 1. The van der Waals surface area contributed by atoms with Crippen LogP contribution in [0.15, 0.2) is 0 Å². The van der Waals surface area contributed by atoms with E-state index in [1.165, 1.54) is 0 Å². The van der Waals surface area contributed by atoms with Crippen molar-refractivity contribution in [1.82, 2.24) is 5.32 Å². The lowest BCUT2D eigenvalue weighted by molar-refractivity contribution is -0.173. The second-order valence-electron chi connectivity index (χ2n) is 3.80. The van der Waals surface area contributed by atoms with Crippen molar-refractivity contribution in [2.45, 2.75) is 38.0 Å². The van der Waals surface area contributed by atoms with Crippen LogP contribution in [0.1, 0.15) is 25.7 Å². The monoisotopic (exact) mass is 225 g/mol. The molecule has 1 aliphatic carbocycles. The van der Waals surface area contributed by atoms with Crippen molar-refractivity contribution in [3.05, 3.63) is 0 Å². The Kier molecular flexibility index (Phi) is 3.96. The van der Waals surface area contributed by atoms with Crippen molar-refractivity contribution in [2.24, 2.45) is 5.92 Å². The first-order chi connectivity index (χ1) is 6.91. The number of carbonyl (C=O) groups is 1. The maximum atomic E-state index is 11.8. The zero-order valence-corrected chi connectivity index (χ0v) is 8.18. The smallest absolute Gasteiger partial charge is 0.393 e. The lowest BCUT2D eigenvalue weighted by Crippen LogP contribution is -2.38. The molecular weight excluding hydrogens is 211 g/mol. The minimum Gasteiger partial charge on any atom is -0.393 e. The Morgan fingerprint density at radius 2 is 2.07 bits per heavy atom. The molecule has 88 valence electrons. The van der Waals surface area contributed by atoms with Gasteiger partial charge < -0.3 is 10.4 Å². The van der Waals surface area contributed by atoms with Gasteiger partial charge in [0.2, 0.25) is 0 Å². The number of nitrogens with one attached hydrogen (secondary N) is 1. The van der Waals surface area contributed by atoms with Crippen LogP contribution in [0.5, 0.6) is 0 Å². The Morgan fingerprint density at radius 1 is 1.40 bits per heavy atom. The Bertz CT molecular complexity index is 230. The summed E-state index contributed by atoms with van der Waals surface area (Å²) >= 11 is 0. The molecule has 0 aromatic heterocycles. The molecule has 2 unspecified atom stereocenters. The van der Waals surface area contributed by atoms with E-state index in [4.69, 9.17) is 0 Å². The number of hydrogen-bond acceptors (Lipinski definition) is 2. The zero-order chi connectivity index (χ0) is 11.5. The normalized spacial score (nSPS) is 26.7. The summed E-state index contributed by atoms with van der Waals surface area (Å²) in [5.74, 6) is -1.88. The zero-order valence-electron chi connectivity index (χ0n) is 8.18. The van der Waals surface area contributed by atoms with Crippen LogP contribution in [-0.4, -0.2) is 29.8 Å². The molecule has 0 spiro atoms. The summed E-state index contributed by atoms with van der Waals surface area (Å²) < 4.78 is 35.3. The molecule has 0 aromatic rings.